The number of rotatable bonds is 6. The number of carboxylic acids is 1. The summed E-state index contributed by atoms with van der Waals surface area (Å²) in [4.78, 5) is 42.6. The minimum atomic E-state index is -1.06. The third kappa shape index (κ3) is 5.27. The van der Waals surface area contributed by atoms with E-state index in [1.165, 1.54) is 12.1 Å². The van der Waals surface area contributed by atoms with Gasteiger partial charge in [-0.15, -0.1) is 0 Å². The molecule has 8 heteroatoms. The molecule has 0 spiro atoms. The molecule has 0 fully saturated rings. The Balaban J connectivity index is 1.67. The first-order valence-corrected chi connectivity index (χ1v) is 12.9. The van der Waals surface area contributed by atoms with Crippen molar-refractivity contribution in [2.24, 2.45) is 0 Å². The minimum absolute atomic E-state index is 0.108. The molecule has 5 rings (SSSR count). The Morgan fingerprint density at radius 1 is 0.949 bits per heavy atom. The molecule has 200 valence electrons. The van der Waals surface area contributed by atoms with Gasteiger partial charge in [0.05, 0.1) is 23.8 Å². The fourth-order valence-corrected chi connectivity index (χ4v) is 5.44. The van der Waals surface area contributed by atoms with Gasteiger partial charge < -0.3 is 15.3 Å². The Hall–Kier alpha value is -4.46. The lowest BCUT2D eigenvalue weighted by molar-refractivity contribution is -0.138. The molecule has 0 bridgehead atoms. The maximum absolute atomic E-state index is 14.0. The van der Waals surface area contributed by atoms with Gasteiger partial charge in [-0.3, -0.25) is 19.3 Å². The Bertz CT molecular complexity index is 1450. The Labute approximate surface area is 226 Å². The summed E-state index contributed by atoms with van der Waals surface area (Å²) in [5, 5.41) is 12.7. The molecule has 3 aromatic rings. The number of Topliss-reactive ketones (excluding diaryl/α,β-unsaturated/α-hetero) is 1. The van der Waals surface area contributed by atoms with Crippen molar-refractivity contribution in [1.29, 1.82) is 0 Å². The van der Waals surface area contributed by atoms with Crippen molar-refractivity contribution < 1.29 is 23.9 Å². The van der Waals surface area contributed by atoms with E-state index in [1.54, 1.807) is 17.0 Å². The standard InChI is InChI=1S/C31H30FN3O4/c1-34(2)23-13-9-20(10-14-23)31-30-25(17-21(18-27(30)36)19-7-11-22(32)12-8-19)33-24-5-3-4-6-26(24)35(31)28(37)15-16-29(38)39/h3-14,21,31,33H,15-18H2,1-2H3,(H,38,39)/t21-,31-/m1/s1. The van der Waals surface area contributed by atoms with Crippen molar-refractivity contribution in [3.8, 4) is 0 Å². The van der Waals surface area contributed by atoms with Crippen LogP contribution >= 0.6 is 0 Å². The number of nitrogens with one attached hydrogen (secondary N) is 1. The molecule has 2 N–H and O–H groups in total. The summed E-state index contributed by atoms with van der Waals surface area (Å²) >= 11 is 0. The van der Waals surface area contributed by atoms with Gasteiger partial charge in [0.15, 0.2) is 5.78 Å². The smallest absolute Gasteiger partial charge is 0.303 e. The van der Waals surface area contributed by atoms with Crippen LogP contribution in [0.2, 0.25) is 0 Å². The zero-order chi connectivity index (χ0) is 27.7. The van der Waals surface area contributed by atoms with Crippen LogP contribution in [-0.2, 0) is 14.4 Å². The number of amides is 1. The molecular formula is C31H30FN3O4. The highest BCUT2D eigenvalue weighted by Crippen LogP contribution is 2.47. The van der Waals surface area contributed by atoms with Gasteiger partial charge in [0.25, 0.3) is 0 Å². The molecule has 1 amide bonds. The first-order chi connectivity index (χ1) is 18.7. The van der Waals surface area contributed by atoms with E-state index in [0.29, 0.717) is 29.1 Å². The monoisotopic (exact) mass is 527 g/mol. The van der Waals surface area contributed by atoms with Gasteiger partial charge in [0.1, 0.15) is 5.82 Å². The minimum Gasteiger partial charge on any atom is -0.481 e. The summed E-state index contributed by atoms with van der Waals surface area (Å²) in [6, 6.07) is 20.5. The molecule has 0 aromatic heterocycles. The highest BCUT2D eigenvalue weighted by atomic mass is 19.1. The second kappa shape index (κ2) is 10.7. The molecule has 1 aliphatic heterocycles. The lowest BCUT2D eigenvalue weighted by Crippen LogP contribution is -2.38. The fraction of sp³-hybridized carbons (Fsp3) is 0.258. The highest BCUT2D eigenvalue weighted by molar-refractivity contribution is 6.06. The topological polar surface area (TPSA) is 90.0 Å². The van der Waals surface area contributed by atoms with E-state index in [1.807, 2.05) is 67.5 Å². The number of allylic oxidation sites excluding steroid dienone is 1. The predicted octanol–water partition coefficient (Wildman–Crippen LogP) is 5.66. The van der Waals surface area contributed by atoms with Crippen molar-refractivity contribution in [2.45, 2.75) is 37.6 Å². The van der Waals surface area contributed by atoms with E-state index in [-0.39, 0.29) is 42.7 Å². The van der Waals surface area contributed by atoms with Gasteiger partial charge in [-0.1, -0.05) is 36.4 Å². The number of hydrogen-bond acceptors (Lipinski definition) is 5. The van der Waals surface area contributed by atoms with Gasteiger partial charge in [-0.25, -0.2) is 4.39 Å². The average molecular weight is 528 g/mol. The maximum atomic E-state index is 14.0. The quantitative estimate of drug-likeness (QED) is 0.430. The van der Waals surface area contributed by atoms with Crippen LogP contribution in [0.1, 0.15) is 48.8 Å². The van der Waals surface area contributed by atoms with Crippen LogP contribution in [-0.4, -0.2) is 36.9 Å². The Morgan fingerprint density at radius 2 is 1.62 bits per heavy atom. The molecule has 0 saturated heterocycles. The predicted molar refractivity (Wildman–Crippen MR) is 148 cm³/mol. The number of ketones is 1. The van der Waals surface area contributed by atoms with Crippen LogP contribution in [0.25, 0.3) is 0 Å². The highest BCUT2D eigenvalue weighted by Gasteiger charge is 2.41. The fourth-order valence-electron chi connectivity index (χ4n) is 5.44. The molecule has 7 nitrogen and oxygen atoms in total. The summed E-state index contributed by atoms with van der Waals surface area (Å²) in [5.74, 6) is -2.03. The van der Waals surface area contributed by atoms with Crippen molar-refractivity contribution in [3.05, 3.63) is 101 Å². The number of carbonyl (C=O) groups excluding carboxylic acids is 2. The second-order valence-electron chi connectivity index (χ2n) is 10.2. The summed E-state index contributed by atoms with van der Waals surface area (Å²) in [7, 11) is 3.87. The van der Waals surface area contributed by atoms with Gasteiger partial charge in [0.2, 0.25) is 5.91 Å². The molecule has 1 aliphatic carbocycles. The van der Waals surface area contributed by atoms with Crippen molar-refractivity contribution in [1.82, 2.24) is 0 Å². The zero-order valence-electron chi connectivity index (χ0n) is 21.9. The van der Waals surface area contributed by atoms with Crippen LogP contribution in [0.5, 0.6) is 0 Å². The molecule has 0 saturated carbocycles. The molecule has 1 heterocycles. The molecule has 39 heavy (non-hydrogen) atoms. The van der Waals surface area contributed by atoms with Crippen molar-refractivity contribution >= 4 is 34.7 Å². The first-order valence-electron chi connectivity index (χ1n) is 12.9. The average Bonchev–Trinajstić information content (AvgIpc) is 3.07. The number of anilines is 3. The number of halogens is 1. The van der Waals surface area contributed by atoms with Crippen molar-refractivity contribution in [3.63, 3.8) is 0 Å². The maximum Gasteiger partial charge on any atom is 0.303 e. The summed E-state index contributed by atoms with van der Waals surface area (Å²) in [5.41, 5.74) is 5.04. The lowest BCUT2D eigenvalue weighted by Gasteiger charge is -2.35. The first kappa shape index (κ1) is 26.2. The number of para-hydroxylation sites is 2. The van der Waals surface area contributed by atoms with Crippen LogP contribution in [0.4, 0.5) is 21.5 Å². The third-order valence-electron chi connectivity index (χ3n) is 7.38. The number of fused-ring (bicyclic) bond motifs is 1. The largest absolute Gasteiger partial charge is 0.481 e. The van der Waals surface area contributed by atoms with Crippen LogP contribution in [0.15, 0.2) is 84.1 Å². The number of aliphatic carboxylic acids is 1. The van der Waals surface area contributed by atoms with Crippen LogP contribution in [0, 0.1) is 5.82 Å². The van der Waals surface area contributed by atoms with Gasteiger partial charge in [-0.2, -0.15) is 0 Å². The van der Waals surface area contributed by atoms with E-state index < -0.39 is 12.0 Å². The van der Waals surface area contributed by atoms with Gasteiger partial charge in [0, 0.05) is 43.9 Å². The van der Waals surface area contributed by atoms with Gasteiger partial charge >= 0.3 is 5.97 Å². The summed E-state index contributed by atoms with van der Waals surface area (Å²) in [6.45, 7) is 0. The van der Waals surface area contributed by atoms with E-state index in [0.717, 1.165) is 16.8 Å². The summed E-state index contributed by atoms with van der Waals surface area (Å²) < 4.78 is 13.6. The number of hydrogen-bond donors (Lipinski definition) is 2. The number of benzene rings is 3. The SMILES string of the molecule is CN(C)c1ccc([C@@H]2C3=C(C[C@@H](c4ccc(F)cc4)CC3=O)Nc3ccccc3N2C(=O)CCC(=O)O)cc1. The number of carboxylic acid groups (broad SMARTS) is 1. The normalized spacial score (nSPS) is 18.5. The van der Waals surface area contributed by atoms with E-state index in [4.69, 9.17) is 0 Å². The zero-order valence-corrected chi connectivity index (χ0v) is 21.9. The Morgan fingerprint density at radius 3 is 2.28 bits per heavy atom. The van der Waals surface area contributed by atoms with Gasteiger partial charge in [-0.05, 0) is 59.9 Å². The molecule has 0 unspecified atom stereocenters. The van der Waals surface area contributed by atoms with E-state index >= 15 is 0 Å². The van der Waals surface area contributed by atoms with Crippen LogP contribution in [0.3, 0.4) is 0 Å². The van der Waals surface area contributed by atoms with Crippen LogP contribution < -0.4 is 15.1 Å². The number of nitrogens with zero attached hydrogens (tertiary/aromatic N) is 2. The molecular weight excluding hydrogens is 497 g/mol. The molecule has 3 aromatic carbocycles. The Kier molecular flexibility index (Phi) is 7.19. The summed E-state index contributed by atoms with van der Waals surface area (Å²) in [6.07, 6.45) is 0.199. The van der Waals surface area contributed by atoms with Crippen molar-refractivity contribution in [2.75, 3.05) is 29.2 Å². The third-order valence-corrected chi connectivity index (χ3v) is 7.38. The molecule has 2 aliphatic rings. The van der Waals surface area contributed by atoms with E-state index in [9.17, 15) is 23.9 Å². The molecule has 0 radical (unpaired) electrons. The lowest BCUT2D eigenvalue weighted by atomic mass is 9.78. The van der Waals surface area contributed by atoms with E-state index in [2.05, 4.69) is 5.32 Å². The second-order valence-corrected chi connectivity index (χ2v) is 10.2. The molecule has 2 atom stereocenters. The number of carbonyl (C=O) groups is 3.